The number of nitriles is 1. The zero-order chi connectivity index (χ0) is 17.1. The van der Waals surface area contributed by atoms with Crippen molar-refractivity contribution in [3.05, 3.63) is 70.9 Å². The van der Waals surface area contributed by atoms with Gasteiger partial charge in [-0.2, -0.15) is 5.26 Å². The fourth-order valence-electron chi connectivity index (χ4n) is 2.52. The monoisotopic (exact) mass is 335 g/mol. The Morgan fingerprint density at radius 2 is 1.92 bits per heavy atom. The van der Waals surface area contributed by atoms with Gasteiger partial charge < -0.3 is 9.88 Å². The maximum atomic E-state index is 12.3. The Labute approximate surface area is 144 Å². The first-order valence-electron chi connectivity index (χ1n) is 7.31. The second-order valence-corrected chi connectivity index (χ2v) is 5.78. The standard InChI is InChI=1S/C19H14ClN3O/c1-23-12-14(17-4-2-3-5-18(17)23)10-13(11-21)19(24)22-16-8-6-15(20)7-9-16/h2-10,12H,1H3,(H,22,24)/b13-10-. The van der Waals surface area contributed by atoms with E-state index in [2.05, 4.69) is 5.32 Å². The van der Waals surface area contributed by atoms with Gasteiger partial charge in [-0.1, -0.05) is 29.8 Å². The van der Waals surface area contributed by atoms with Crippen LogP contribution < -0.4 is 5.32 Å². The minimum Gasteiger partial charge on any atom is -0.350 e. The summed E-state index contributed by atoms with van der Waals surface area (Å²) in [5.74, 6) is -0.451. The van der Waals surface area contributed by atoms with Crippen molar-refractivity contribution in [2.75, 3.05) is 5.32 Å². The Kier molecular flexibility index (Phi) is 4.37. The van der Waals surface area contributed by atoms with Crippen LogP contribution in [0.25, 0.3) is 17.0 Å². The number of hydrogen-bond acceptors (Lipinski definition) is 2. The van der Waals surface area contributed by atoms with Crippen LogP contribution in [0.15, 0.2) is 60.3 Å². The quantitative estimate of drug-likeness (QED) is 0.570. The number of halogens is 1. The second-order valence-electron chi connectivity index (χ2n) is 5.34. The van der Waals surface area contributed by atoms with Crippen LogP contribution in [0.5, 0.6) is 0 Å². The lowest BCUT2D eigenvalue weighted by Gasteiger charge is -2.04. The smallest absolute Gasteiger partial charge is 0.266 e. The molecule has 0 atom stereocenters. The van der Waals surface area contributed by atoms with Gasteiger partial charge in [0.1, 0.15) is 11.6 Å². The fraction of sp³-hybridized carbons (Fsp3) is 0.0526. The van der Waals surface area contributed by atoms with Crippen molar-refractivity contribution >= 4 is 40.2 Å². The van der Waals surface area contributed by atoms with E-state index in [9.17, 15) is 10.1 Å². The maximum absolute atomic E-state index is 12.3. The minimum atomic E-state index is -0.451. The van der Waals surface area contributed by atoms with Crippen molar-refractivity contribution in [3.8, 4) is 6.07 Å². The number of carbonyl (C=O) groups excluding carboxylic acids is 1. The zero-order valence-electron chi connectivity index (χ0n) is 13.0. The molecule has 3 rings (SSSR count). The maximum Gasteiger partial charge on any atom is 0.266 e. The van der Waals surface area contributed by atoms with Crippen LogP contribution in [0.4, 0.5) is 5.69 Å². The number of hydrogen-bond donors (Lipinski definition) is 1. The van der Waals surface area contributed by atoms with Gasteiger partial charge in [0.15, 0.2) is 0 Å². The van der Waals surface area contributed by atoms with E-state index in [1.165, 1.54) is 0 Å². The Balaban J connectivity index is 1.92. The topological polar surface area (TPSA) is 57.8 Å². The molecule has 2 aromatic carbocycles. The minimum absolute atomic E-state index is 0.0429. The highest BCUT2D eigenvalue weighted by molar-refractivity contribution is 6.30. The van der Waals surface area contributed by atoms with E-state index in [1.54, 1.807) is 30.3 Å². The second kappa shape index (κ2) is 6.61. The molecule has 0 aliphatic heterocycles. The predicted molar refractivity (Wildman–Crippen MR) is 96.6 cm³/mol. The van der Waals surface area contributed by atoms with Crippen LogP contribution in [0.2, 0.25) is 5.02 Å². The molecular formula is C19H14ClN3O. The van der Waals surface area contributed by atoms with Crippen molar-refractivity contribution in [1.29, 1.82) is 5.26 Å². The molecule has 3 aromatic rings. The van der Waals surface area contributed by atoms with Gasteiger partial charge >= 0.3 is 0 Å². The number of amides is 1. The van der Waals surface area contributed by atoms with Crippen LogP contribution in [-0.4, -0.2) is 10.5 Å². The van der Waals surface area contributed by atoms with E-state index in [-0.39, 0.29) is 5.57 Å². The number of carbonyl (C=O) groups is 1. The van der Waals surface area contributed by atoms with Crippen LogP contribution in [0, 0.1) is 11.3 Å². The van der Waals surface area contributed by atoms with Crippen molar-refractivity contribution in [2.45, 2.75) is 0 Å². The highest BCUT2D eigenvalue weighted by Crippen LogP contribution is 2.23. The number of para-hydroxylation sites is 1. The third-order valence-corrected chi connectivity index (χ3v) is 3.95. The van der Waals surface area contributed by atoms with E-state index >= 15 is 0 Å². The SMILES string of the molecule is Cn1cc(/C=C(/C#N)C(=O)Nc2ccc(Cl)cc2)c2ccccc21. The van der Waals surface area contributed by atoms with Gasteiger partial charge in [0.25, 0.3) is 5.91 Å². The normalized spacial score (nSPS) is 11.3. The first-order chi connectivity index (χ1) is 11.6. The molecule has 0 aliphatic carbocycles. The molecule has 0 saturated carbocycles. The summed E-state index contributed by atoms with van der Waals surface area (Å²) in [6, 6.07) is 16.5. The Hall–Kier alpha value is -3.03. The Bertz CT molecular complexity index is 978. The highest BCUT2D eigenvalue weighted by atomic mass is 35.5. The molecule has 1 N–H and O–H groups in total. The summed E-state index contributed by atoms with van der Waals surface area (Å²) in [6.07, 6.45) is 3.51. The fourth-order valence-corrected chi connectivity index (χ4v) is 2.65. The molecule has 0 radical (unpaired) electrons. The lowest BCUT2D eigenvalue weighted by molar-refractivity contribution is -0.112. The number of fused-ring (bicyclic) bond motifs is 1. The van der Waals surface area contributed by atoms with Gasteiger partial charge in [-0.15, -0.1) is 0 Å². The van der Waals surface area contributed by atoms with Crippen LogP contribution in [0.3, 0.4) is 0 Å². The summed E-state index contributed by atoms with van der Waals surface area (Å²) in [7, 11) is 1.93. The summed E-state index contributed by atoms with van der Waals surface area (Å²) in [6.45, 7) is 0. The summed E-state index contributed by atoms with van der Waals surface area (Å²) in [5, 5.41) is 13.6. The van der Waals surface area contributed by atoms with Crippen LogP contribution >= 0.6 is 11.6 Å². The molecule has 0 bridgehead atoms. The van der Waals surface area contributed by atoms with Crippen molar-refractivity contribution in [1.82, 2.24) is 4.57 Å². The first kappa shape index (κ1) is 15.9. The number of aryl methyl sites for hydroxylation is 1. The van der Waals surface area contributed by atoms with Gasteiger partial charge in [0.05, 0.1) is 0 Å². The lowest BCUT2D eigenvalue weighted by atomic mass is 10.1. The van der Waals surface area contributed by atoms with E-state index in [0.29, 0.717) is 10.7 Å². The molecule has 0 unspecified atom stereocenters. The van der Waals surface area contributed by atoms with Crippen molar-refractivity contribution < 1.29 is 4.79 Å². The lowest BCUT2D eigenvalue weighted by Crippen LogP contribution is -2.13. The number of nitrogens with one attached hydrogen (secondary N) is 1. The van der Waals surface area contributed by atoms with Gasteiger partial charge in [-0.25, -0.2) is 0 Å². The molecule has 24 heavy (non-hydrogen) atoms. The molecule has 4 nitrogen and oxygen atoms in total. The highest BCUT2D eigenvalue weighted by Gasteiger charge is 2.12. The molecule has 5 heteroatoms. The summed E-state index contributed by atoms with van der Waals surface area (Å²) in [4.78, 5) is 12.3. The van der Waals surface area contributed by atoms with Crippen LogP contribution in [0.1, 0.15) is 5.56 Å². The number of aromatic nitrogens is 1. The third-order valence-electron chi connectivity index (χ3n) is 3.69. The van der Waals surface area contributed by atoms with E-state index in [4.69, 9.17) is 11.6 Å². The number of benzene rings is 2. The third kappa shape index (κ3) is 3.17. The van der Waals surface area contributed by atoms with E-state index < -0.39 is 5.91 Å². The predicted octanol–water partition coefficient (Wildman–Crippen LogP) is 4.38. The summed E-state index contributed by atoms with van der Waals surface area (Å²) < 4.78 is 1.97. The Morgan fingerprint density at radius 3 is 2.62 bits per heavy atom. The summed E-state index contributed by atoms with van der Waals surface area (Å²) in [5.41, 5.74) is 2.50. The van der Waals surface area contributed by atoms with Gasteiger partial charge in [-0.05, 0) is 36.4 Å². The number of rotatable bonds is 3. The molecule has 1 amide bonds. The molecule has 0 fully saturated rings. The number of anilines is 1. The average molecular weight is 336 g/mol. The average Bonchev–Trinajstić information content (AvgIpc) is 2.91. The Morgan fingerprint density at radius 1 is 1.21 bits per heavy atom. The van der Waals surface area contributed by atoms with Crippen LogP contribution in [-0.2, 0) is 11.8 Å². The molecule has 1 aromatic heterocycles. The molecule has 1 heterocycles. The molecule has 0 saturated heterocycles. The van der Waals surface area contributed by atoms with Crippen molar-refractivity contribution in [2.24, 2.45) is 7.05 Å². The van der Waals surface area contributed by atoms with Gasteiger partial charge in [0, 0.05) is 40.4 Å². The largest absolute Gasteiger partial charge is 0.350 e. The van der Waals surface area contributed by atoms with Gasteiger partial charge in [0.2, 0.25) is 0 Å². The first-order valence-corrected chi connectivity index (χ1v) is 7.69. The molecular weight excluding hydrogens is 322 g/mol. The molecule has 118 valence electrons. The molecule has 0 aliphatic rings. The number of nitrogens with zero attached hydrogens (tertiary/aromatic N) is 2. The van der Waals surface area contributed by atoms with E-state index in [0.717, 1.165) is 16.5 Å². The van der Waals surface area contributed by atoms with E-state index in [1.807, 2.05) is 48.1 Å². The molecule has 0 spiro atoms. The van der Waals surface area contributed by atoms with Crippen molar-refractivity contribution in [3.63, 3.8) is 0 Å². The summed E-state index contributed by atoms with van der Waals surface area (Å²) >= 11 is 5.82. The zero-order valence-corrected chi connectivity index (χ0v) is 13.7. The van der Waals surface area contributed by atoms with Gasteiger partial charge in [-0.3, -0.25) is 4.79 Å².